The molecule has 0 aliphatic rings. The van der Waals surface area contributed by atoms with Crippen molar-refractivity contribution in [2.24, 2.45) is 0 Å². The van der Waals surface area contributed by atoms with Gasteiger partial charge in [0, 0.05) is 21.8 Å². The van der Waals surface area contributed by atoms with Crippen molar-refractivity contribution < 1.29 is 19.1 Å². The van der Waals surface area contributed by atoms with Gasteiger partial charge in [-0.15, -0.1) is 0 Å². The number of benzene rings is 3. The normalized spacial score (nSPS) is 12.2. The van der Waals surface area contributed by atoms with E-state index in [-0.39, 0.29) is 5.91 Å². The molecule has 4 aromatic rings. The number of hydrogen-bond donors (Lipinski definition) is 2. The van der Waals surface area contributed by atoms with Crippen molar-refractivity contribution in [1.29, 1.82) is 0 Å². The Kier molecular flexibility index (Phi) is 6.49. The van der Waals surface area contributed by atoms with Gasteiger partial charge in [0.05, 0.1) is 0 Å². The summed E-state index contributed by atoms with van der Waals surface area (Å²) in [5.74, 6) is -2.22. The van der Waals surface area contributed by atoms with Gasteiger partial charge in [-0.25, -0.2) is 4.98 Å². The lowest BCUT2D eigenvalue weighted by molar-refractivity contribution is -0.137. The number of rotatable bonds is 6. The van der Waals surface area contributed by atoms with Gasteiger partial charge in [0.1, 0.15) is 11.4 Å². The number of nitrogens with zero attached hydrogens (tertiary/aromatic N) is 1. The third kappa shape index (κ3) is 5.08. The highest BCUT2D eigenvalue weighted by Crippen LogP contribution is 2.30. The molecule has 6 nitrogen and oxygen atoms in total. The standard InChI is InChI=1S/C25H18Cl2N2O4/c1-14-10-16(24(25(31)32)17-4-8-22-21(11-17)28-13-33-22)3-7-20(14)29-23(30)9-5-15-2-6-18(26)12-19(15)27/h2-13,24H,1H3,(H,29,30)(H,31,32). The Labute approximate surface area is 199 Å². The van der Waals surface area contributed by atoms with Crippen molar-refractivity contribution in [3.05, 3.63) is 99.4 Å². The Morgan fingerprint density at radius 2 is 1.82 bits per heavy atom. The molecule has 1 unspecified atom stereocenters. The van der Waals surface area contributed by atoms with Crippen LogP contribution >= 0.6 is 23.2 Å². The van der Waals surface area contributed by atoms with Crippen molar-refractivity contribution in [1.82, 2.24) is 4.98 Å². The summed E-state index contributed by atoms with van der Waals surface area (Å²) in [6.07, 6.45) is 4.29. The number of carbonyl (C=O) groups excluding carboxylic acids is 1. The zero-order valence-corrected chi connectivity index (χ0v) is 18.9. The lowest BCUT2D eigenvalue weighted by Gasteiger charge is -2.16. The molecule has 4 rings (SSSR count). The first-order valence-electron chi connectivity index (χ1n) is 9.92. The maximum atomic E-state index is 12.4. The Morgan fingerprint density at radius 3 is 2.55 bits per heavy atom. The molecule has 3 aromatic carbocycles. The third-order valence-corrected chi connectivity index (χ3v) is 5.72. The van der Waals surface area contributed by atoms with Crippen LogP contribution in [0.15, 0.2) is 71.5 Å². The number of oxazole rings is 1. The first-order chi connectivity index (χ1) is 15.8. The largest absolute Gasteiger partial charge is 0.481 e. The number of anilines is 1. The van der Waals surface area contributed by atoms with E-state index >= 15 is 0 Å². The monoisotopic (exact) mass is 480 g/mol. The molecule has 1 amide bonds. The second-order valence-electron chi connectivity index (χ2n) is 7.41. The number of carboxylic acids is 1. The molecule has 0 fully saturated rings. The van der Waals surface area contributed by atoms with Crippen LogP contribution in [0.2, 0.25) is 10.0 Å². The topological polar surface area (TPSA) is 92.4 Å². The molecule has 0 saturated heterocycles. The average molecular weight is 481 g/mol. The highest BCUT2D eigenvalue weighted by Gasteiger charge is 2.23. The van der Waals surface area contributed by atoms with E-state index in [1.54, 1.807) is 67.6 Å². The van der Waals surface area contributed by atoms with Gasteiger partial charge < -0.3 is 14.8 Å². The van der Waals surface area contributed by atoms with Crippen LogP contribution in [0.25, 0.3) is 17.2 Å². The summed E-state index contributed by atoms with van der Waals surface area (Å²) < 4.78 is 5.23. The average Bonchev–Trinajstić information content (AvgIpc) is 3.23. The number of amides is 1. The Balaban J connectivity index is 1.54. The van der Waals surface area contributed by atoms with E-state index < -0.39 is 11.9 Å². The van der Waals surface area contributed by atoms with Crippen LogP contribution in [0.5, 0.6) is 0 Å². The van der Waals surface area contributed by atoms with Crippen LogP contribution in [-0.2, 0) is 9.59 Å². The van der Waals surface area contributed by atoms with Crippen molar-refractivity contribution in [2.45, 2.75) is 12.8 Å². The summed E-state index contributed by atoms with van der Waals surface area (Å²) >= 11 is 12.0. The van der Waals surface area contributed by atoms with Gasteiger partial charge in [0.2, 0.25) is 5.91 Å². The summed E-state index contributed by atoms with van der Waals surface area (Å²) in [4.78, 5) is 28.6. The molecule has 0 aliphatic carbocycles. The van der Waals surface area contributed by atoms with Crippen LogP contribution < -0.4 is 5.32 Å². The third-order valence-electron chi connectivity index (χ3n) is 5.15. The maximum absolute atomic E-state index is 12.4. The van der Waals surface area contributed by atoms with Gasteiger partial charge in [0.25, 0.3) is 0 Å². The number of carboxylic acid groups (broad SMARTS) is 1. The predicted octanol–water partition coefficient (Wildman–Crippen LogP) is 6.31. The van der Waals surface area contributed by atoms with E-state index in [0.29, 0.717) is 43.5 Å². The van der Waals surface area contributed by atoms with E-state index in [9.17, 15) is 14.7 Å². The van der Waals surface area contributed by atoms with E-state index in [0.717, 1.165) is 5.56 Å². The molecule has 33 heavy (non-hydrogen) atoms. The van der Waals surface area contributed by atoms with Gasteiger partial charge in [0.15, 0.2) is 12.0 Å². The van der Waals surface area contributed by atoms with Crippen LogP contribution in [0.4, 0.5) is 5.69 Å². The van der Waals surface area contributed by atoms with Gasteiger partial charge in [-0.2, -0.15) is 0 Å². The number of nitrogens with one attached hydrogen (secondary N) is 1. The zero-order valence-electron chi connectivity index (χ0n) is 17.4. The molecule has 166 valence electrons. The number of halogens is 2. The zero-order chi connectivity index (χ0) is 23.5. The number of aliphatic carboxylic acids is 1. The maximum Gasteiger partial charge on any atom is 0.315 e. The number of aromatic nitrogens is 1. The molecule has 0 saturated carbocycles. The van der Waals surface area contributed by atoms with Gasteiger partial charge in [-0.05, 0) is 65.6 Å². The SMILES string of the molecule is Cc1cc(C(C(=O)O)c2ccc3ocnc3c2)ccc1NC(=O)C=Cc1ccc(Cl)cc1Cl. The Morgan fingerprint density at radius 1 is 1.06 bits per heavy atom. The minimum atomic E-state index is -0.989. The molecule has 1 aromatic heterocycles. The number of aryl methyl sites for hydroxylation is 1. The molecule has 1 heterocycles. The lowest BCUT2D eigenvalue weighted by Crippen LogP contribution is -2.14. The summed E-state index contributed by atoms with van der Waals surface area (Å²) in [6.45, 7) is 1.80. The Bertz CT molecular complexity index is 1390. The van der Waals surface area contributed by atoms with Crippen LogP contribution in [-0.4, -0.2) is 22.0 Å². The van der Waals surface area contributed by atoms with Crippen LogP contribution in [0.1, 0.15) is 28.2 Å². The summed E-state index contributed by atoms with van der Waals surface area (Å²) in [6, 6.07) is 15.3. The molecule has 0 spiro atoms. The fourth-order valence-corrected chi connectivity index (χ4v) is 3.99. The minimum absolute atomic E-state index is 0.344. The fraction of sp³-hybridized carbons (Fsp3) is 0.0800. The number of fused-ring (bicyclic) bond motifs is 1. The second-order valence-corrected chi connectivity index (χ2v) is 8.26. The highest BCUT2D eigenvalue weighted by molar-refractivity contribution is 6.35. The first-order valence-corrected chi connectivity index (χ1v) is 10.7. The lowest BCUT2D eigenvalue weighted by atomic mass is 9.90. The summed E-state index contributed by atoms with van der Waals surface area (Å²) in [5.41, 5.74) is 4.32. The molecule has 0 aliphatic heterocycles. The fourth-order valence-electron chi connectivity index (χ4n) is 3.52. The van der Waals surface area contributed by atoms with Gasteiger partial charge in [-0.1, -0.05) is 47.5 Å². The smallest absolute Gasteiger partial charge is 0.315 e. The number of carbonyl (C=O) groups is 2. The quantitative estimate of drug-likeness (QED) is 0.315. The van der Waals surface area contributed by atoms with Crippen LogP contribution in [0.3, 0.4) is 0 Å². The highest BCUT2D eigenvalue weighted by atomic mass is 35.5. The Hall–Kier alpha value is -3.61. The van der Waals surface area contributed by atoms with Crippen LogP contribution in [0, 0.1) is 6.92 Å². The molecular formula is C25H18Cl2N2O4. The molecule has 2 N–H and O–H groups in total. The minimum Gasteiger partial charge on any atom is -0.481 e. The van der Waals surface area contributed by atoms with Crippen molar-refractivity contribution in [3.63, 3.8) is 0 Å². The van der Waals surface area contributed by atoms with E-state index in [2.05, 4.69) is 10.3 Å². The van der Waals surface area contributed by atoms with Crippen molar-refractivity contribution >= 4 is 57.9 Å². The van der Waals surface area contributed by atoms with Crippen molar-refractivity contribution in [3.8, 4) is 0 Å². The van der Waals surface area contributed by atoms with E-state index in [4.69, 9.17) is 27.6 Å². The van der Waals surface area contributed by atoms with E-state index in [1.807, 2.05) is 0 Å². The molecule has 0 radical (unpaired) electrons. The van der Waals surface area contributed by atoms with Gasteiger partial charge >= 0.3 is 5.97 Å². The predicted molar refractivity (Wildman–Crippen MR) is 129 cm³/mol. The first kappa shape index (κ1) is 22.6. The molecule has 0 bridgehead atoms. The molecular weight excluding hydrogens is 463 g/mol. The van der Waals surface area contributed by atoms with Gasteiger partial charge in [-0.3, -0.25) is 9.59 Å². The summed E-state index contributed by atoms with van der Waals surface area (Å²) in [5, 5.41) is 13.6. The molecule has 8 heteroatoms. The van der Waals surface area contributed by atoms with Crippen molar-refractivity contribution in [2.75, 3.05) is 5.32 Å². The number of hydrogen-bond acceptors (Lipinski definition) is 4. The molecule has 1 atom stereocenters. The second kappa shape index (κ2) is 9.48. The van der Waals surface area contributed by atoms with E-state index in [1.165, 1.54) is 12.5 Å². The summed E-state index contributed by atoms with van der Waals surface area (Å²) in [7, 11) is 0.